The van der Waals surface area contributed by atoms with E-state index in [1.165, 1.54) is 5.56 Å². The lowest BCUT2D eigenvalue weighted by Crippen LogP contribution is -2.04. The van der Waals surface area contributed by atoms with E-state index in [1.807, 2.05) is 35.9 Å². The van der Waals surface area contributed by atoms with Crippen molar-refractivity contribution in [1.29, 1.82) is 0 Å². The van der Waals surface area contributed by atoms with E-state index in [-0.39, 0.29) is 0 Å². The molecule has 102 valence electrons. The van der Waals surface area contributed by atoms with Crippen molar-refractivity contribution in [2.24, 2.45) is 0 Å². The third-order valence-electron chi connectivity index (χ3n) is 3.22. The fraction of sp³-hybridized carbons (Fsp3) is 0.188. The molecule has 0 saturated heterocycles. The average molecular weight is 331 g/mol. The lowest BCUT2D eigenvalue weighted by atomic mass is 10.2. The highest BCUT2D eigenvalue weighted by atomic mass is 79.9. The van der Waals surface area contributed by atoms with Crippen LogP contribution in [0.25, 0.3) is 10.9 Å². The van der Waals surface area contributed by atoms with Gasteiger partial charge in [-0.2, -0.15) is 5.10 Å². The van der Waals surface area contributed by atoms with Gasteiger partial charge >= 0.3 is 0 Å². The second kappa shape index (κ2) is 5.77. The smallest absolute Gasteiger partial charge is 0.140 e. The van der Waals surface area contributed by atoms with Crippen LogP contribution in [0.5, 0.6) is 0 Å². The molecule has 0 aliphatic heterocycles. The van der Waals surface area contributed by atoms with Crippen molar-refractivity contribution in [3.05, 3.63) is 64.3 Å². The lowest BCUT2D eigenvalue weighted by Gasteiger charge is -2.06. The van der Waals surface area contributed by atoms with Crippen LogP contribution in [0.1, 0.15) is 11.3 Å². The molecule has 0 fully saturated rings. The molecule has 3 nitrogen and oxygen atoms in total. The van der Waals surface area contributed by atoms with E-state index in [1.54, 1.807) is 0 Å². The summed E-state index contributed by atoms with van der Waals surface area (Å²) < 4.78 is 8.72. The largest absolute Gasteiger partial charge is 0.355 e. The molecule has 0 aliphatic rings. The first-order valence-corrected chi connectivity index (χ1v) is 7.28. The molecule has 1 aromatic heterocycles. The van der Waals surface area contributed by atoms with Crippen molar-refractivity contribution < 1.29 is 4.74 Å². The number of ether oxygens (including phenoxy) is 1. The maximum Gasteiger partial charge on any atom is 0.140 e. The molecule has 0 unspecified atom stereocenters. The highest BCUT2D eigenvalue weighted by molar-refractivity contribution is 9.10. The number of benzene rings is 2. The summed E-state index contributed by atoms with van der Waals surface area (Å²) in [7, 11) is 0. The summed E-state index contributed by atoms with van der Waals surface area (Å²) in [6.07, 6.45) is 0. The first-order valence-electron chi connectivity index (χ1n) is 6.48. The van der Waals surface area contributed by atoms with Crippen molar-refractivity contribution in [3.8, 4) is 0 Å². The number of aromatic nitrogens is 2. The first-order chi connectivity index (χ1) is 9.74. The molecular weight excluding hydrogens is 316 g/mol. The predicted molar refractivity (Wildman–Crippen MR) is 83.4 cm³/mol. The molecule has 0 spiro atoms. The third kappa shape index (κ3) is 2.76. The van der Waals surface area contributed by atoms with Crippen LogP contribution in [-0.2, 0) is 18.1 Å². The number of nitrogens with zero attached hydrogens (tertiary/aromatic N) is 2. The van der Waals surface area contributed by atoms with Gasteiger partial charge in [0.1, 0.15) is 6.73 Å². The van der Waals surface area contributed by atoms with Crippen LogP contribution in [0.4, 0.5) is 0 Å². The Morgan fingerprint density at radius 3 is 2.75 bits per heavy atom. The van der Waals surface area contributed by atoms with Gasteiger partial charge in [0.2, 0.25) is 0 Å². The molecular formula is C16H15BrN2O. The zero-order valence-electron chi connectivity index (χ0n) is 11.2. The highest BCUT2D eigenvalue weighted by Gasteiger charge is 2.07. The van der Waals surface area contributed by atoms with Crippen molar-refractivity contribution in [2.75, 3.05) is 0 Å². The number of hydrogen-bond donors (Lipinski definition) is 0. The maximum atomic E-state index is 5.75. The number of aryl methyl sites for hydroxylation is 1. The van der Waals surface area contributed by atoms with Crippen LogP contribution in [0, 0.1) is 6.92 Å². The monoisotopic (exact) mass is 330 g/mol. The molecule has 0 aliphatic carbocycles. The molecule has 0 radical (unpaired) electrons. The molecule has 0 bridgehead atoms. The minimum Gasteiger partial charge on any atom is -0.355 e. The molecule has 3 aromatic rings. The zero-order valence-corrected chi connectivity index (χ0v) is 12.8. The van der Waals surface area contributed by atoms with E-state index in [0.717, 1.165) is 21.1 Å². The summed E-state index contributed by atoms with van der Waals surface area (Å²) in [5, 5.41) is 5.69. The Balaban J connectivity index is 1.75. The Bertz CT molecular complexity index is 722. The number of rotatable bonds is 4. The van der Waals surface area contributed by atoms with Gasteiger partial charge < -0.3 is 4.74 Å². The van der Waals surface area contributed by atoms with Gasteiger partial charge in [-0.25, -0.2) is 4.68 Å². The molecule has 20 heavy (non-hydrogen) atoms. The molecule has 0 amide bonds. The van der Waals surface area contributed by atoms with Crippen LogP contribution >= 0.6 is 15.9 Å². The van der Waals surface area contributed by atoms with E-state index in [2.05, 4.69) is 45.3 Å². The Hall–Kier alpha value is -1.65. The van der Waals surface area contributed by atoms with Crippen molar-refractivity contribution in [2.45, 2.75) is 20.3 Å². The second-order valence-corrected chi connectivity index (χ2v) is 5.63. The van der Waals surface area contributed by atoms with Gasteiger partial charge in [-0.15, -0.1) is 0 Å². The second-order valence-electron chi connectivity index (χ2n) is 4.71. The lowest BCUT2D eigenvalue weighted by molar-refractivity contribution is 0.0588. The van der Waals surface area contributed by atoms with Crippen molar-refractivity contribution in [3.63, 3.8) is 0 Å². The van der Waals surface area contributed by atoms with E-state index >= 15 is 0 Å². The van der Waals surface area contributed by atoms with Crippen LogP contribution in [-0.4, -0.2) is 9.78 Å². The van der Waals surface area contributed by atoms with E-state index in [0.29, 0.717) is 13.3 Å². The Labute approximate surface area is 126 Å². The van der Waals surface area contributed by atoms with Gasteiger partial charge in [0.15, 0.2) is 0 Å². The van der Waals surface area contributed by atoms with E-state index in [4.69, 9.17) is 4.74 Å². The van der Waals surface area contributed by atoms with Gasteiger partial charge in [-0.3, -0.25) is 0 Å². The predicted octanol–water partition coefficient (Wildman–Crippen LogP) is 4.28. The number of halogens is 1. The molecule has 2 aromatic carbocycles. The standard InChI is InChI=1S/C16H15BrN2O/c1-12-15-9-14(17)7-8-16(15)19(18-12)11-20-10-13-5-3-2-4-6-13/h2-9H,10-11H2,1H3. The number of hydrogen-bond acceptors (Lipinski definition) is 2. The summed E-state index contributed by atoms with van der Waals surface area (Å²) >= 11 is 3.49. The summed E-state index contributed by atoms with van der Waals surface area (Å²) in [5.74, 6) is 0. The van der Waals surface area contributed by atoms with Crippen molar-refractivity contribution >= 4 is 26.8 Å². The van der Waals surface area contributed by atoms with E-state index < -0.39 is 0 Å². The molecule has 0 N–H and O–H groups in total. The fourth-order valence-corrected chi connectivity index (χ4v) is 2.60. The zero-order chi connectivity index (χ0) is 13.9. The Morgan fingerprint density at radius 1 is 1.15 bits per heavy atom. The average Bonchev–Trinajstić information content (AvgIpc) is 2.76. The minimum atomic E-state index is 0.459. The Morgan fingerprint density at radius 2 is 1.95 bits per heavy atom. The van der Waals surface area contributed by atoms with Crippen LogP contribution < -0.4 is 0 Å². The first kappa shape index (κ1) is 13.3. The summed E-state index contributed by atoms with van der Waals surface area (Å²) in [6, 6.07) is 16.3. The van der Waals surface area contributed by atoms with Gasteiger partial charge in [-0.05, 0) is 30.7 Å². The molecule has 0 saturated carbocycles. The fourth-order valence-electron chi connectivity index (χ4n) is 2.23. The van der Waals surface area contributed by atoms with E-state index in [9.17, 15) is 0 Å². The SMILES string of the molecule is Cc1nn(COCc2ccccc2)c2ccc(Br)cc12. The van der Waals surface area contributed by atoms with Gasteiger partial charge in [0.25, 0.3) is 0 Å². The highest BCUT2D eigenvalue weighted by Crippen LogP contribution is 2.22. The van der Waals surface area contributed by atoms with Crippen LogP contribution in [0.3, 0.4) is 0 Å². The Kier molecular flexibility index (Phi) is 3.85. The maximum absolute atomic E-state index is 5.75. The molecule has 3 rings (SSSR count). The summed E-state index contributed by atoms with van der Waals surface area (Å²) in [6.45, 7) is 3.07. The minimum absolute atomic E-state index is 0.459. The van der Waals surface area contributed by atoms with Crippen LogP contribution in [0.2, 0.25) is 0 Å². The normalized spacial score (nSPS) is 11.1. The summed E-state index contributed by atoms with van der Waals surface area (Å²) in [4.78, 5) is 0. The summed E-state index contributed by atoms with van der Waals surface area (Å²) in [5.41, 5.74) is 3.28. The van der Waals surface area contributed by atoms with Gasteiger partial charge in [0.05, 0.1) is 17.8 Å². The molecule has 0 atom stereocenters. The van der Waals surface area contributed by atoms with Crippen molar-refractivity contribution in [1.82, 2.24) is 9.78 Å². The number of fused-ring (bicyclic) bond motifs is 1. The van der Waals surface area contributed by atoms with Crippen LogP contribution in [0.15, 0.2) is 53.0 Å². The molecule has 4 heteroatoms. The van der Waals surface area contributed by atoms with Gasteiger partial charge in [0, 0.05) is 9.86 Å². The topological polar surface area (TPSA) is 27.1 Å². The molecule has 1 heterocycles. The quantitative estimate of drug-likeness (QED) is 0.713. The van der Waals surface area contributed by atoms with Gasteiger partial charge in [-0.1, -0.05) is 46.3 Å². The third-order valence-corrected chi connectivity index (χ3v) is 3.72.